The largest absolute Gasteiger partial charge is 0.756 e. The van der Waals surface area contributed by atoms with Crippen LogP contribution in [0.25, 0.3) is 0 Å². The topological polar surface area (TPSA) is 152 Å². The molecule has 0 amide bonds. The van der Waals surface area contributed by atoms with Crippen LogP contribution in [0.15, 0.2) is 85.1 Å². The Balaban J connectivity index is 4.68. The monoisotopic (exact) mass is 836 g/mol. The number of rotatable bonds is 37. The smallest absolute Gasteiger partial charge is 0.306 e. The van der Waals surface area contributed by atoms with Crippen LogP contribution in [0, 0.1) is 0 Å². The highest BCUT2D eigenvalue weighted by Gasteiger charge is 2.22. The van der Waals surface area contributed by atoms with Gasteiger partial charge in [0.25, 0.3) is 7.82 Å². The molecular weight excluding hydrogens is 757 g/mol. The maximum atomic E-state index is 12.7. The minimum atomic E-state index is -4.69. The summed E-state index contributed by atoms with van der Waals surface area (Å²) in [4.78, 5) is 37.5. The number of phosphoric acid groups is 1. The van der Waals surface area contributed by atoms with Gasteiger partial charge in [-0.25, -0.2) is 0 Å². The van der Waals surface area contributed by atoms with Crippen molar-refractivity contribution in [3.05, 3.63) is 85.1 Å². The molecule has 0 aliphatic carbocycles. The van der Waals surface area contributed by atoms with Crippen LogP contribution in [-0.4, -0.2) is 92.5 Å². The normalized spacial score (nSPS) is 15.5. The summed E-state index contributed by atoms with van der Waals surface area (Å²) in [6, 6.07) is 0. The van der Waals surface area contributed by atoms with Crippen molar-refractivity contribution in [2.45, 2.75) is 148 Å². The van der Waals surface area contributed by atoms with Gasteiger partial charge in [0.2, 0.25) is 0 Å². The first-order chi connectivity index (χ1) is 27.8. The molecule has 0 aromatic carbocycles. The van der Waals surface area contributed by atoms with Crippen molar-refractivity contribution in [3.8, 4) is 0 Å². The number of aliphatic hydroxyl groups is 2. The lowest BCUT2D eigenvalue weighted by Crippen LogP contribution is -2.37. The van der Waals surface area contributed by atoms with E-state index in [4.69, 9.17) is 18.5 Å². The van der Waals surface area contributed by atoms with E-state index in [0.29, 0.717) is 36.7 Å². The number of phosphoric ester groups is 1. The summed E-state index contributed by atoms with van der Waals surface area (Å²) in [6.07, 6.45) is 39.6. The standard InChI is InChI=1S/C46H78NO10P/c1-6-8-10-12-14-15-16-17-18-19-20-21-22-24-30-36-46(51)57-44(41-56-58(52,53)55-39-38-47(3,4)5)40-54-45(50)37-31-35-43(49)34-29-26-25-28-33-42(48)32-27-23-13-11-9-7-2/h8,10,14-15,17-18,23,25-29,33-34,42-44,48-49H,6-7,9,11-13,16,19-22,24,30-32,35-41H2,1-5H3/b10-8-,15-14-,18-17-,26-25+,27-23-,33-28+,34-29-/t42-,43-,44-/m1/s1. The molecule has 1 unspecified atom stereocenters. The van der Waals surface area contributed by atoms with Crippen LogP contribution in [-0.2, 0) is 32.7 Å². The van der Waals surface area contributed by atoms with Crippen molar-refractivity contribution in [2.24, 2.45) is 0 Å². The fraction of sp³-hybridized carbons (Fsp3) is 0.652. The Morgan fingerprint density at radius 2 is 1.26 bits per heavy atom. The Bertz CT molecular complexity index is 1300. The van der Waals surface area contributed by atoms with E-state index in [0.717, 1.165) is 57.8 Å². The Hall–Kier alpha value is -2.89. The number of ether oxygens (including phenoxy) is 2. The van der Waals surface area contributed by atoms with E-state index in [1.807, 2.05) is 27.2 Å². The van der Waals surface area contributed by atoms with Crippen LogP contribution < -0.4 is 4.89 Å². The van der Waals surface area contributed by atoms with Gasteiger partial charge in [0.1, 0.15) is 19.8 Å². The molecule has 11 nitrogen and oxygen atoms in total. The van der Waals surface area contributed by atoms with Crippen molar-refractivity contribution in [3.63, 3.8) is 0 Å². The van der Waals surface area contributed by atoms with Crippen LogP contribution in [0.3, 0.4) is 0 Å². The molecule has 332 valence electrons. The number of quaternary nitrogens is 1. The Morgan fingerprint density at radius 1 is 0.672 bits per heavy atom. The van der Waals surface area contributed by atoms with Crippen LogP contribution >= 0.6 is 7.82 Å². The molecule has 0 saturated heterocycles. The van der Waals surface area contributed by atoms with Crippen LogP contribution in [0.5, 0.6) is 0 Å². The number of carbonyl (C=O) groups is 2. The molecule has 0 bridgehead atoms. The molecular formula is C46H78NO10P. The van der Waals surface area contributed by atoms with Gasteiger partial charge >= 0.3 is 11.9 Å². The molecule has 58 heavy (non-hydrogen) atoms. The first-order valence-electron chi connectivity index (χ1n) is 21.5. The fourth-order valence-electron chi connectivity index (χ4n) is 5.15. The molecule has 0 saturated carbocycles. The van der Waals surface area contributed by atoms with Crippen LogP contribution in [0.2, 0.25) is 0 Å². The highest BCUT2D eigenvalue weighted by Crippen LogP contribution is 2.38. The zero-order valence-electron chi connectivity index (χ0n) is 36.4. The molecule has 12 heteroatoms. The van der Waals surface area contributed by atoms with Crippen molar-refractivity contribution in [2.75, 3.05) is 47.5 Å². The van der Waals surface area contributed by atoms with Crippen molar-refractivity contribution in [1.29, 1.82) is 0 Å². The SMILES string of the molecule is CC/C=C\C/C=C\C/C=C\CCCCCCCC(=O)O[C@H](COC(=O)CCC[C@H](O)\C=C/C=C/C=C/[C@H](O)C/C=C\CCCCC)COP(=O)([O-])OCC[N+](C)(C)C. The van der Waals surface area contributed by atoms with Gasteiger partial charge in [-0.3, -0.25) is 14.2 Å². The number of nitrogens with zero attached hydrogens (tertiary/aromatic N) is 1. The Kier molecular flexibility index (Phi) is 35.3. The summed E-state index contributed by atoms with van der Waals surface area (Å²) >= 11 is 0. The Morgan fingerprint density at radius 3 is 1.93 bits per heavy atom. The molecule has 0 aromatic heterocycles. The predicted molar refractivity (Wildman–Crippen MR) is 234 cm³/mol. The average molecular weight is 836 g/mol. The van der Waals surface area contributed by atoms with Gasteiger partial charge in [-0.2, -0.15) is 0 Å². The summed E-state index contributed by atoms with van der Waals surface area (Å²) in [5, 5.41) is 20.3. The maximum Gasteiger partial charge on any atom is 0.306 e. The van der Waals surface area contributed by atoms with E-state index in [2.05, 4.69) is 56.4 Å². The van der Waals surface area contributed by atoms with Crippen molar-refractivity contribution >= 4 is 19.8 Å². The molecule has 0 aromatic rings. The average Bonchev–Trinajstić information content (AvgIpc) is 3.16. The first-order valence-corrected chi connectivity index (χ1v) is 23.0. The highest BCUT2D eigenvalue weighted by molar-refractivity contribution is 7.45. The van der Waals surface area contributed by atoms with E-state index >= 15 is 0 Å². The summed E-state index contributed by atoms with van der Waals surface area (Å²) in [5.41, 5.74) is 0. The van der Waals surface area contributed by atoms with E-state index in [1.54, 1.807) is 36.5 Å². The number of likely N-dealkylation sites (N-methyl/N-ethyl adjacent to an activating group) is 1. The predicted octanol–water partition coefficient (Wildman–Crippen LogP) is 9.33. The lowest BCUT2D eigenvalue weighted by molar-refractivity contribution is -0.870. The van der Waals surface area contributed by atoms with Gasteiger partial charge in [-0.1, -0.05) is 131 Å². The molecule has 0 radical (unpaired) electrons. The van der Waals surface area contributed by atoms with Gasteiger partial charge in [0.15, 0.2) is 6.10 Å². The zero-order valence-corrected chi connectivity index (χ0v) is 37.3. The minimum Gasteiger partial charge on any atom is -0.756 e. The zero-order chi connectivity index (χ0) is 43.2. The second-order valence-corrected chi connectivity index (χ2v) is 16.8. The van der Waals surface area contributed by atoms with Crippen molar-refractivity contribution in [1.82, 2.24) is 0 Å². The molecule has 0 aliphatic heterocycles. The van der Waals surface area contributed by atoms with Gasteiger partial charge in [-0.05, 0) is 70.6 Å². The van der Waals surface area contributed by atoms with Gasteiger partial charge in [-0.15, -0.1) is 0 Å². The summed E-state index contributed by atoms with van der Waals surface area (Å²) in [6.45, 7) is 3.72. The summed E-state index contributed by atoms with van der Waals surface area (Å²) < 4.78 is 33.6. The van der Waals surface area contributed by atoms with E-state index < -0.39 is 44.7 Å². The summed E-state index contributed by atoms with van der Waals surface area (Å²) in [7, 11) is 1.00. The van der Waals surface area contributed by atoms with Crippen LogP contribution in [0.1, 0.15) is 129 Å². The maximum absolute atomic E-state index is 12.7. The molecule has 0 aliphatic rings. The van der Waals surface area contributed by atoms with E-state index in [1.165, 1.54) is 19.3 Å². The van der Waals surface area contributed by atoms with Gasteiger partial charge < -0.3 is 38.1 Å². The number of aliphatic hydroxyl groups excluding tert-OH is 2. The number of unbranched alkanes of at least 4 members (excludes halogenated alkanes) is 8. The third kappa shape index (κ3) is 39.9. The Labute approximate surface area is 351 Å². The van der Waals surface area contributed by atoms with E-state index in [-0.39, 0.29) is 26.1 Å². The van der Waals surface area contributed by atoms with Crippen molar-refractivity contribution < 1.29 is 52.3 Å². The lowest BCUT2D eigenvalue weighted by Gasteiger charge is -2.28. The number of hydrogen-bond donors (Lipinski definition) is 2. The minimum absolute atomic E-state index is 0.00787. The van der Waals surface area contributed by atoms with Gasteiger partial charge in [0, 0.05) is 12.8 Å². The quantitative estimate of drug-likeness (QED) is 0.0155. The second-order valence-electron chi connectivity index (χ2n) is 15.4. The number of hydrogen-bond acceptors (Lipinski definition) is 10. The molecule has 0 fully saturated rings. The molecule has 0 heterocycles. The summed E-state index contributed by atoms with van der Waals surface area (Å²) in [5.74, 6) is -1.11. The molecule has 4 atom stereocenters. The van der Waals surface area contributed by atoms with E-state index in [9.17, 15) is 29.3 Å². The lowest BCUT2D eigenvalue weighted by atomic mass is 10.1. The molecule has 0 spiro atoms. The number of carbonyl (C=O) groups excluding carboxylic acids is 2. The fourth-order valence-corrected chi connectivity index (χ4v) is 5.88. The highest BCUT2D eigenvalue weighted by atomic mass is 31.2. The molecule has 2 N–H and O–H groups in total. The third-order valence-corrected chi connectivity index (χ3v) is 9.55. The molecule has 0 rings (SSSR count). The second kappa shape index (κ2) is 37.1. The number of allylic oxidation sites excluding steroid dienone is 11. The van der Waals surface area contributed by atoms with Crippen LogP contribution in [0.4, 0.5) is 0 Å². The third-order valence-electron chi connectivity index (χ3n) is 8.59. The number of esters is 2. The van der Waals surface area contributed by atoms with Gasteiger partial charge in [0.05, 0.1) is 40.0 Å². The first kappa shape index (κ1) is 55.1.